The van der Waals surface area contributed by atoms with Gasteiger partial charge in [-0.25, -0.2) is 4.39 Å². The largest absolute Gasteiger partial charge is 0.384 e. The minimum Gasteiger partial charge on any atom is -0.384 e. The third-order valence-electron chi connectivity index (χ3n) is 3.24. The van der Waals surface area contributed by atoms with Gasteiger partial charge in [-0.3, -0.25) is 5.41 Å². The molecule has 0 heterocycles. The molecule has 0 spiro atoms. The molecule has 0 aliphatic carbocycles. The summed E-state index contributed by atoms with van der Waals surface area (Å²) in [5.74, 6) is -0.176. The molecule has 3 N–H and O–H groups in total. The van der Waals surface area contributed by atoms with Crippen LogP contribution in [0, 0.1) is 11.2 Å². The van der Waals surface area contributed by atoms with E-state index >= 15 is 0 Å². The molecule has 0 unspecified atom stereocenters. The second kappa shape index (κ2) is 6.19. The zero-order valence-corrected chi connectivity index (χ0v) is 11.4. The van der Waals surface area contributed by atoms with Gasteiger partial charge >= 0.3 is 0 Å². The highest BCUT2D eigenvalue weighted by Crippen LogP contribution is 2.19. The third-order valence-corrected chi connectivity index (χ3v) is 3.24. The standard InChI is InChI=1S/C16H18FN3/c1-2-20(14-9-7-13(17)8-10-14)11-12-5-3-4-6-15(12)16(18)19/h3-10H,2,11H2,1H3,(H3,18,19). The number of hydrogen-bond acceptors (Lipinski definition) is 2. The van der Waals surface area contributed by atoms with E-state index in [1.165, 1.54) is 12.1 Å². The number of benzene rings is 2. The molecule has 0 saturated carbocycles. The van der Waals surface area contributed by atoms with Crippen LogP contribution in [-0.4, -0.2) is 12.4 Å². The Labute approximate surface area is 118 Å². The second-order valence-corrected chi connectivity index (χ2v) is 4.56. The van der Waals surface area contributed by atoms with E-state index in [9.17, 15) is 4.39 Å². The molecule has 0 saturated heterocycles. The van der Waals surface area contributed by atoms with Crippen molar-refractivity contribution in [2.24, 2.45) is 5.73 Å². The zero-order valence-electron chi connectivity index (χ0n) is 11.4. The molecule has 0 bridgehead atoms. The highest BCUT2D eigenvalue weighted by molar-refractivity contribution is 5.96. The van der Waals surface area contributed by atoms with Crippen molar-refractivity contribution in [3.8, 4) is 0 Å². The van der Waals surface area contributed by atoms with Gasteiger partial charge in [0.15, 0.2) is 0 Å². The normalized spacial score (nSPS) is 10.3. The lowest BCUT2D eigenvalue weighted by Gasteiger charge is -2.24. The van der Waals surface area contributed by atoms with E-state index in [2.05, 4.69) is 4.90 Å². The van der Waals surface area contributed by atoms with Crippen LogP contribution in [0.1, 0.15) is 18.1 Å². The number of hydrogen-bond donors (Lipinski definition) is 2. The molecular formula is C16H18FN3. The van der Waals surface area contributed by atoms with Crippen molar-refractivity contribution in [3.63, 3.8) is 0 Å². The van der Waals surface area contributed by atoms with Crippen molar-refractivity contribution >= 4 is 11.5 Å². The number of nitrogen functional groups attached to an aromatic ring is 1. The van der Waals surface area contributed by atoms with Crippen molar-refractivity contribution in [1.29, 1.82) is 5.41 Å². The number of nitrogens with two attached hydrogens (primary N) is 1. The van der Waals surface area contributed by atoms with Crippen LogP contribution in [0.15, 0.2) is 48.5 Å². The first-order chi connectivity index (χ1) is 9.61. The maximum absolute atomic E-state index is 13.0. The molecule has 0 amide bonds. The van der Waals surface area contributed by atoms with Crippen molar-refractivity contribution in [2.75, 3.05) is 11.4 Å². The number of rotatable bonds is 5. The highest BCUT2D eigenvalue weighted by atomic mass is 19.1. The van der Waals surface area contributed by atoms with E-state index in [1.54, 1.807) is 12.1 Å². The lowest BCUT2D eigenvalue weighted by molar-refractivity contribution is 0.627. The topological polar surface area (TPSA) is 53.1 Å². The summed E-state index contributed by atoms with van der Waals surface area (Å²) in [6.07, 6.45) is 0. The Morgan fingerprint density at radius 1 is 1.15 bits per heavy atom. The highest BCUT2D eigenvalue weighted by Gasteiger charge is 2.10. The summed E-state index contributed by atoms with van der Waals surface area (Å²) < 4.78 is 13.0. The molecule has 0 aromatic heterocycles. The summed E-state index contributed by atoms with van der Waals surface area (Å²) in [5.41, 5.74) is 8.29. The van der Waals surface area contributed by atoms with Gasteiger partial charge in [0.05, 0.1) is 0 Å². The number of nitrogens with zero attached hydrogens (tertiary/aromatic N) is 1. The van der Waals surface area contributed by atoms with Crippen LogP contribution >= 0.6 is 0 Å². The molecule has 2 aromatic rings. The molecule has 2 aromatic carbocycles. The molecule has 0 aliphatic rings. The molecule has 2 rings (SSSR count). The quantitative estimate of drug-likeness (QED) is 0.648. The number of nitrogens with one attached hydrogen (secondary N) is 1. The van der Waals surface area contributed by atoms with Gasteiger partial charge < -0.3 is 10.6 Å². The van der Waals surface area contributed by atoms with Gasteiger partial charge in [0.2, 0.25) is 0 Å². The van der Waals surface area contributed by atoms with E-state index < -0.39 is 0 Å². The van der Waals surface area contributed by atoms with Gasteiger partial charge in [-0.2, -0.15) is 0 Å². The van der Waals surface area contributed by atoms with Gasteiger partial charge in [-0.05, 0) is 36.8 Å². The van der Waals surface area contributed by atoms with Crippen LogP contribution in [-0.2, 0) is 6.54 Å². The van der Waals surface area contributed by atoms with E-state index in [0.29, 0.717) is 6.54 Å². The first-order valence-electron chi connectivity index (χ1n) is 6.54. The number of halogens is 1. The fourth-order valence-electron chi connectivity index (χ4n) is 2.16. The lowest BCUT2D eigenvalue weighted by atomic mass is 10.1. The summed E-state index contributed by atoms with van der Waals surface area (Å²) in [4.78, 5) is 2.11. The molecular weight excluding hydrogens is 253 g/mol. The van der Waals surface area contributed by atoms with Crippen LogP contribution in [0.5, 0.6) is 0 Å². The van der Waals surface area contributed by atoms with Crippen molar-refractivity contribution in [3.05, 3.63) is 65.5 Å². The average molecular weight is 271 g/mol. The van der Waals surface area contributed by atoms with Crippen LogP contribution < -0.4 is 10.6 Å². The van der Waals surface area contributed by atoms with E-state index in [0.717, 1.165) is 23.4 Å². The summed E-state index contributed by atoms with van der Waals surface area (Å²) in [6.45, 7) is 3.47. The van der Waals surface area contributed by atoms with Crippen molar-refractivity contribution < 1.29 is 4.39 Å². The monoisotopic (exact) mass is 271 g/mol. The fourth-order valence-corrected chi connectivity index (χ4v) is 2.16. The number of amidine groups is 1. The Kier molecular flexibility index (Phi) is 4.35. The van der Waals surface area contributed by atoms with Crippen molar-refractivity contribution in [2.45, 2.75) is 13.5 Å². The first-order valence-corrected chi connectivity index (χ1v) is 6.54. The minimum atomic E-state index is -0.242. The summed E-state index contributed by atoms with van der Waals surface area (Å²) in [7, 11) is 0. The van der Waals surface area contributed by atoms with Gasteiger partial charge in [-0.15, -0.1) is 0 Å². The van der Waals surface area contributed by atoms with E-state index in [4.69, 9.17) is 11.1 Å². The Morgan fingerprint density at radius 3 is 2.40 bits per heavy atom. The summed E-state index contributed by atoms with van der Waals surface area (Å²) in [5, 5.41) is 7.62. The van der Waals surface area contributed by atoms with Gasteiger partial charge in [-0.1, -0.05) is 24.3 Å². The molecule has 104 valence electrons. The van der Waals surface area contributed by atoms with E-state index in [-0.39, 0.29) is 11.7 Å². The molecule has 3 nitrogen and oxygen atoms in total. The zero-order chi connectivity index (χ0) is 14.5. The van der Waals surface area contributed by atoms with Crippen LogP contribution in [0.3, 0.4) is 0 Å². The molecule has 4 heteroatoms. The van der Waals surface area contributed by atoms with Crippen LogP contribution in [0.2, 0.25) is 0 Å². The Bertz CT molecular complexity index is 593. The van der Waals surface area contributed by atoms with E-state index in [1.807, 2.05) is 31.2 Å². The predicted molar refractivity (Wildman–Crippen MR) is 80.6 cm³/mol. The second-order valence-electron chi connectivity index (χ2n) is 4.56. The Morgan fingerprint density at radius 2 is 1.80 bits per heavy atom. The average Bonchev–Trinajstić information content (AvgIpc) is 2.46. The molecule has 0 fully saturated rings. The first kappa shape index (κ1) is 14.1. The van der Waals surface area contributed by atoms with Gasteiger partial charge in [0.25, 0.3) is 0 Å². The smallest absolute Gasteiger partial charge is 0.123 e. The summed E-state index contributed by atoms with van der Waals surface area (Å²) >= 11 is 0. The maximum Gasteiger partial charge on any atom is 0.123 e. The van der Waals surface area contributed by atoms with Gasteiger partial charge in [0, 0.05) is 24.3 Å². The molecule has 0 aliphatic heterocycles. The molecule has 0 atom stereocenters. The fraction of sp³-hybridized carbons (Fsp3) is 0.188. The third kappa shape index (κ3) is 3.15. The Hall–Kier alpha value is -2.36. The predicted octanol–water partition coefficient (Wildman–Crippen LogP) is 3.14. The molecule has 0 radical (unpaired) electrons. The summed E-state index contributed by atoms with van der Waals surface area (Å²) in [6, 6.07) is 14.0. The minimum absolute atomic E-state index is 0.0655. The Balaban J connectivity index is 2.27. The van der Waals surface area contributed by atoms with Crippen LogP contribution in [0.4, 0.5) is 10.1 Å². The SMILES string of the molecule is CCN(Cc1ccccc1C(=N)N)c1ccc(F)cc1. The van der Waals surface area contributed by atoms with Gasteiger partial charge in [0.1, 0.15) is 11.7 Å². The van der Waals surface area contributed by atoms with Crippen LogP contribution in [0.25, 0.3) is 0 Å². The number of anilines is 1. The van der Waals surface area contributed by atoms with Crippen molar-refractivity contribution in [1.82, 2.24) is 0 Å². The maximum atomic E-state index is 13.0. The lowest BCUT2D eigenvalue weighted by Crippen LogP contribution is -2.24. The molecule has 20 heavy (non-hydrogen) atoms.